The van der Waals surface area contributed by atoms with Gasteiger partial charge in [-0.05, 0) is 37.9 Å². The quantitative estimate of drug-likeness (QED) is 0.718. The SMILES string of the molecule is Oc1c(F)cccc1C1CCNCC1. The highest BCUT2D eigenvalue weighted by Gasteiger charge is 2.19. The van der Waals surface area contributed by atoms with E-state index < -0.39 is 5.82 Å². The van der Waals surface area contributed by atoms with Gasteiger partial charge in [0.2, 0.25) is 0 Å². The van der Waals surface area contributed by atoms with Crippen molar-refractivity contribution in [1.29, 1.82) is 0 Å². The van der Waals surface area contributed by atoms with E-state index in [-0.39, 0.29) is 5.75 Å². The molecule has 3 heteroatoms. The summed E-state index contributed by atoms with van der Waals surface area (Å²) in [5.41, 5.74) is 0.756. The third-order valence-electron chi connectivity index (χ3n) is 2.80. The summed E-state index contributed by atoms with van der Waals surface area (Å²) in [5, 5.41) is 12.8. The molecular weight excluding hydrogens is 181 g/mol. The van der Waals surface area contributed by atoms with Crippen LogP contribution in [0.5, 0.6) is 5.75 Å². The molecule has 0 saturated carbocycles. The summed E-state index contributed by atoms with van der Waals surface area (Å²) in [6.07, 6.45) is 1.94. The van der Waals surface area contributed by atoms with E-state index in [0.717, 1.165) is 31.5 Å². The van der Waals surface area contributed by atoms with Crippen LogP contribution in [0.4, 0.5) is 4.39 Å². The Morgan fingerprint density at radius 2 is 2.00 bits per heavy atom. The van der Waals surface area contributed by atoms with Gasteiger partial charge >= 0.3 is 0 Å². The Kier molecular flexibility index (Phi) is 2.68. The minimum atomic E-state index is -0.513. The van der Waals surface area contributed by atoms with Gasteiger partial charge in [-0.1, -0.05) is 12.1 Å². The van der Waals surface area contributed by atoms with Crippen molar-refractivity contribution in [3.63, 3.8) is 0 Å². The van der Waals surface area contributed by atoms with E-state index in [0.29, 0.717) is 5.92 Å². The van der Waals surface area contributed by atoms with E-state index >= 15 is 0 Å². The molecule has 0 bridgehead atoms. The largest absolute Gasteiger partial charge is 0.505 e. The smallest absolute Gasteiger partial charge is 0.165 e. The van der Waals surface area contributed by atoms with Crippen molar-refractivity contribution in [3.05, 3.63) is 29.6 Å². The van der Waals surface area contributed by atoms with Crippen LogP contribution >= 0.6 is 0 Å². The van der Waals surface area contributed by atoms with Gasteiger partial charge in [-0.3, -0.25) is 0 Å². The average Bonchev–Trinajstić information content (AvgIpc) is 2.23. The average molecular weight is 195 g/mol. The number of para-hydroxylation sites is 1. The van der Waals surface area contributed by atoms with Gasteiger partial charge in [0, 0.05) is 5.56 Å². The Morgan fingerprint density at radius 1 is 1.29 bits per heavy atom. The molecule has 1 fully saturated rings. The van der Waals surface area contributed by atoms with Crippen LogP contribution in [0.25, 0.3) is 0 Å². The van der Waals surface area contributed by atoms with Crippen molar-refractivity contribution < 1.29 is 9.50 Å². The van der Waals surface area contributed by atoms with Gasteiger partial charge < -0.3 is 10.4 Å². The third-order valence-corrected chi connectivity index (χ3v) is 2.80. The van der Waals surface area contributed by atoms with E-state index in [1.165, 1.54) is 6.07 Å². The zero-order valence-corrected chi connectivity index (χ0v) is 7.96. The molecule has 0 aliphatic carbocycles. The summed E-state index contributed by atoms with van der Waals surface area (Å²) in [7, 11) is 0. The maximum Gasteiger partial charge on any atom is 0.165 e. The number of halogens is 1. The summed E-state index contributed by atoms with van der Waals surface area (Å²) in [6, 6.07) is 4.76. The molecule has 1 aliphatic heterocycles. The molecule has 0 aromatic heterocycles. The second-order valence-electron chi connectivity index (χ2n) is 3.70. The fourth-order valence-corrected chi connectivity index (χ4v) is 1.99. The van der Waals surface area contributed by atoms with E-state index in [1.54, 1.807) is 6.07 Å². The monoisotopic (exact) mass is 195 g/mol. The zero-order chi connectivity index (χ0) is 9.97. The van der Waals surface area contributed by atoms with E-state index in [4.69, 9.17) is 0 Å². The molecule has 2 nitrogen and oxygen atoms in total. The molecule has 1 heterocycles. The minimum absolute atomic E-state index is 0.167. The van der Waals surface area contributed by atoms with Gasteiger partial charge in [0.1, 0.15) is 0 Å². The number of rotatable bonds is 1. The van der Waals surface area contributed by atoms with E-state index in [9.17, 15) is 9.50 Å². The third kappa shape index (κ3) is 1.73. The molecule has 0 atom stereocenters. The molecule has 1 aliphatic rings. The number of nitrogens with one attached hydrogen (secondary N) is 1. The first-order valence-corrected chi connectivity index (χ1v) is 4.97. The summed E-state index contributed by atoms with van der Waals surface area (Å²) in [5.74, 6) is -0.382. The van der Waals surface area contributed by atoms with Crippen molar-refractivity contribution in [2.24, 2.45) is 0 Å². The topological polar surface area (TPSA) is 32.3 Å². The fraction of sp³-hybridized carbons (Fsp3) is 0.455. The molecule has 14 heavy (non-hydrogen) atoms. The lowest BCUT2D eigenvalue weighted by atomic mass is 9.89. The van der Waals surface area contributed by atoms with Crippen LogP contribution in [0, 0.1) is 5.82 Å². The number of aromatic hydroxyl groups is 1. The molecule has 1 aromatic carbocycles. The molecule has 2 rings (SSSR count). The van der Waals surface area contributed by atoms with Gasteiger partial charge in [0.05, 0.1) is 0 Å². The first-order valence-electron chi connectivity index (χ1n) is 4.97. The number of phenolic OH excluding ortho intramolecular Hbond substituents is 1. The van der Waals surface area contributed by atoms with Gasteiger partial charge in [-0.15, -0.1) is 0 Å². The number of phenols is 1. The second kappa shape index (κ2) is 3.96. The van der Waals surface area contributed by atoms with Crippen molar-refractivity contribution in [3.8, 4) is 5.75 Å². The predicted octanol–water partition coefficient (Wildman–Crippen LogP) is 2.00. The highest BCUT2D eigenvalue weighted by Crippen LogP contribution is 2.33. The zero-order valence-electron chi connectivity index (χ0n) is 7.96. The summed E-state index contributed by atoms with van der Waals surface area (Å²) < 4.78 is 13.1. The highest BCUT2D eigenvalue weighted by molar-refractivity contribution is 5.36. The maximum atomic E-state index is 13.1. The summed E-state index contributed by atoms with van der Waals surface area (Å²) in [4.78, 5) is 0. The lowest BCUT2D eigenvalue weighted by molar-refractivity contribution is 0.400. The molecule has 76 valence electrons. The lowest BCUT2D eigenvalue weighted by Gasteiger charge is -2.23. The van der Waals surface area contributed by atoms with Crippen LogP contribution in [0.3, 0.4) is 0 Å². The molecular formula is C11H14FNO. The minimum Gasteiger partial charge on any atom is -0.505 e. The Morgan fingerprint density at radius 3 is 2.71 bits per heavy atom. The van der Waals surface area contributed by atoms with Crippen molar-refractivity contribution in [1.82, 2.24) is 5.32 Å². The fourth-order valence-electron chi connectivity index (χ4n) is 1.99. The van der Waals surface area contributed by atoms with Crippen LogP contribution in [0.1, 0.15) is 24.3 Å². The van der Waals surface area contributed by atoms with Gasteiger partial charge in [-0.2, -0.15) is 0 Å². The number of hydrogen-bond donors (Lipinski definition) is 2. The molecule has 2 N–H and O–H groups in total. The van der Waals surface area contributed by atoms with Crippen LogP contribution in [0.2, 0.25) is 0 Å². The first kappa shape index (κ1) is 9.46. The second-order valence-corrected chi connectivity index (χ2v) is 3.70. The Balaban J connectivity index is 2.26. The van der Waals surface area contributed by atoms with Crippen molar-refractivity contribution in [2.45, 2.75) is 18.8 Å². The van der Waals surface area contributed by atoms with Crippen LogP contribution in [-0.4, -0.2) is 18.2 Å². The Labute approximate surface area is 82.8 Å². The Bertz CT molecular complexity index is 321. The number of hydrogen-bond acceptors (Lipinski definition) is 2. The van der Waals surface area contributed by atoms with E-state index in [2.05, 4.69) is 5.32 Å². The highest BCUT2D eigenvalue weighted by atomic mass is 19.1. The van der Waals surface area contributed by atoms with Gasteiger partial charge in [0.15, 0.2) is 11.6 Å². The van der Waals surface area contributed by atoms with Crippen molar-refractivity contribution >= 4 is 0 Å². The maximum absolute atomic E-state index is 13.1. The molecule has 0 spiro atoms. The molecule has 0 unspecified atom stereocenters. The molecule has 1 saturated heterocycles. The normalized spacial score (nSPS) is 18.4. The lowest BCUT2D eigenvalue weighted by Crippen LogP contribution is -2.26. The van der Waals surface area contributed by atoms with Crippen LogP contribution < -0.4 is 5.32 Å². The number of piperidine rings is 1. The van der Waals surface area contributed by atoms with E-state index in [1.807, 2.05) is 6.07 Å². The first-order chi connectivity index (χ1) is 6.79. The Hall–Kier alpha value is -1.09. The molecule has 0 radical (unpaired) electrons. The van der Waals surface area contributed by atoms with Gasteiger partial charge in [0.25, 0.3) is 0 Å². The standard InChI is InChI=1S/C11H14FNO/c12-10-3-1-2-9(11(10)14)8-4-6-13-7-5-8/h1-3,8,13-14H,4-7H2. The van der Waals surface area contributed by atoms with Crippen LogP contribution in [-0.2, 0) is 0 Å². The summed E-state index contributed by atoms with van der Waals surface area (Å²) >= 11 is 0. The van der Waals surface area contributed by atoms with Crippen molar-refractivity contribution in [2.75, 3.05) is 13.1 Å². The molecule has 1 aromatic rings. The predicted molar refractivity (Wildman–Crippen MR) is 52.9 cm³/mol. The van der Waals surface area contributed by atoms with Crippen LogP contribution in [0.15, 0.2) is 18.2 Å². The number of benzene rings is 1. The summed E-state index contributed by atoms with van der Waals surface area (Å²) in [6.45, 7) is 1.89. The molecule has 0 amide bonds. The van der Waals surface area contributed by atoms with Gasteiger partial charge in [-0.25, -0.2) is 4.39 Å².